The van der Waals surface area contributed by atoms with Crippen molar-refractivity contribution in [2.45, 2.75) is 52.1 Å². The zero-order valence-electron chi connectivity index (χ0n) is 17.8. The maximum atomic E-state index is 12.3. The molecular formula is C21H31N3O5. The Kier molecular flexibility index (Phi) is 5.91. The van der Waals surface area contributed by atoms with Crippen molar-refractivity contribution in [2.24, 2.45) is 5.41 Å². The number of likely N-dealkylation sites (tertiary alicyclic amines) is 1. The molecule has 1 aromatic carbocycles. The van der Waals surface area contributed by atoms with E-state index in [2.05, 4.69) is 4.90 Å². The molecule has 8 nitrogen and oxygen atoms in total. The summed E-state index contributed by atoms with van der Waals surface area (Å²) in [6.45, 7) is 8.93. The lowest BCUT2D eigenvalue weighted by atomic mass is 9.71. The number of anilines is 1. The van der Waals surface area contributed by atoms with Crippen LogP contribution in [0.3, 0.4) is 0 Å². The fourth-order valence-corrected chi connectivity index (χ4v) is 4.24. The number of ether oxygens (including phenoxy) is 2. The molecule has 1 spiro atoms. The molecule has 3 rings (SSSR count). The van der Waals surface area contributed by atoms with Gasteiger partial charge in [0.05, 0.1) is 12.0 Å². The molecule has 29 heavy (non-hydrogen) atoms. The molecule has 8 heteroatoms. The number of rotatable bonds is 3. The van der Waals surface area contributed by atoms with E-state index in [4.69, 9.17) is 9.47 Å². The molecule has 0 aliphatic carbocycles. The van der Waals surface area contributed by atoms with Gasteiger partial charge in [-0.1, -0.05) is 0 Å². The summed E-state index contributed by atoms with van der Waals surface area (Å²) in [6.07, 6.45) is 3.86. The SMILES string of the molecule is COc1cc(N2CCC3(CCN(C(=O)OC(C)(C)C)CC3)CC2)ccc1[N+](=O)[O-]. The quantitative estimate of drug-likeness (QED) is 0.553. The maximum absolute atomic E-state index is 12.3. The summed E-state index contributed by atoms with van der Waals surface area (Å²) in [6, 6.07) is 5.06. The Morgan fingerprint density at radius 1 is 1.10 bits per heavy atom. The first kappa shape index (κ1) is 21.2. The molecule has 2 fully saturated rings. The second kappa shape index (κ2) is 8.08. The lowest BCUT2D eigenvalue weighted by molar-refractivity contribution is -0.385. The van der Waals surface area contributed by atoms with Crippen LogP contribution in [0, 0.1) is 15.5 Å². The molecule has 0 atom stereocenters. The molecule has 2 heterocycles. The predicted octanol–water partition coefficient (Wildman–Crippen LogP) is 4.22. The van der Waals surface area contributed by atoms with E-state index < -0.39 is 10.5 Å². The first-order valence-corrected chi connectivity index (χ1v) is 10.2. The van der Waals surface area contributed by atoms with Gasteiger partial charge < -0.3 is 19.3 Å². The van der Waals surface area contributed by atoms with E-state index >= 15 is 0 Å². The summed E-state index contributed by atoms with van der Waals surface area (Å²) in [7, 11) is 1.45. The molecule has 2 aliphatic heterocycles. The third-order valence-corrected chi connectivity index (χ3v) is 6.03. The second-order valence-electron chi connectivity index (χ2n) is 9.07. The van der Waals surface area contributed by atoms with Crippen molar-refractivity contribution in [3.8, 4) is 5.75 Å². The minimum Gasteiger partial charge on any atom is -0.490 e. The maximum Gasteiger partial charge on any atom is 0.410 e. The molecule has 0 bridgehead atoms. The van der Waals surface area contributed by atoms with Crippen LogP contribution in [0.25, 0.3) is 0 Å². The molecule has 0 aromatic heterocycles. The number of nitro benzene ring substituents is 1. The summed E-state index contributed by atoms with van der Waals surface area (Å²) in [4.78, 5) is 27.1. The molecule has 2 aliphatic rings. The summed E-state index contributed by atoms with van der Waals surface area (Å²) in [5.41, 5.74) is 0.733. The highest BCUT2D eigenvalue weighted by atomic mass is 16.6. The Labute approximate surface area is 171 Å². The molecule has 2 saturated heterocycles. The average Bonchev–Trinajstić information content (AvgIpc) is 2.67. The molecule has 0 N–H and O–H groups in total. The van der Waals surface area contributed by atoms with Gasteiger partial charge in [0.15, 0.2) is 5.75 Å². The van der Waals surface area contributed by atoms with Gasteiger partial charge >= 0.3 is 11.8 Å². The average molecular weight is 405 g/mol. The Morgan fingerprint density at radius 3 is 2.21 bits per heavy atom. The van der Waals surface area contributed by atoms with Crippen LogP contribution in [-0.4, -0.2) is 54.8 Å². The number of hydrogen-bond acceptors (Lipinski definition) is 6. The van der Waals surface area contributed by atoms with Crippen LogP contribution in [0.1, 0.15) is 46.5 Å². The van der Waals surface area contributed by atoms with Crippen molar-refractivity contribution in [3.63, 3.8) is 0 Å². The van der Waals surface area contributed by atoms with E-state index in [-0.39, 0.29) is 17.2 Å². The summed E-state index contributed by atoms with van der Waals surface area (Å²) in [5.74, 6) is 0.290. The Balaban J connectivity index is 1.57. The van der Waals surface area contributed by atoms with Crippen molar-refractivity contribution in [2.75, 3.05) is 38.2 Å². The largest absolute Gasteiger partial charge is 0.490 e. The minimum atomic E-state index is -0.469. The van der Waals surface area contributed by atoms with Crippen LogP contribution < -0.4 is 9.64 Å². The van der Waals surface area contributed by atoms with Gasteiger partial charge in [0, 0.05) is 44.0 Å². The number of amides is 1. The van der Waals surface area contributed by atoms with Gasteiger partial charge in [0.2, 0.25) is 0 Å². The minimum absolute atomic E-state index is 0.0146. The highest BCUT2D eigenvalue weighted by Crippen LogP contribution is 2.43. The van der Waals surface area contributed by atoms with E-state index in [1.807, 2.05) is 25.7 Å². The Bertz CT molecular complexity index is 756. The van der Waals surface area contributed by atoms with E-state index in [1.165, 1.54) is 13.2 Å². The molecule has 0 unspecified atom stereocenters. The molecule has 0 saturated carbocycles. The van der Waals surface area contributed by atoms with E-state index in [1.54, 1.807) is 12.1 Å². The highest BCUT2D eigenvalue weighted by molar-refractivity contribution is 5.68. The standard InChI is InChI=1S/C21H31N3O5/c1-20(2,3)29-19(25)23-13-9-21(10-14-23)7-11-22(12-8-21)16-5-6-17(24(26)27)18(15-16)28-4/h5-6,15H,7-14H2,1-4H3. The van der Waals surface area contributed by atoms with Crippen molar-refractivity contribution < 1.29 is 19.2 Å². The van der Waals surface area contributed by atoms with Crippen molar-refractivity contribution in [3.05, 3.63) is 28.3 Å². The predicted molar refractivity (Wildman–Crippen MR) is 111 cm³/mol. The summed E-state index contributed by atoms with van der Waals surface area (Å²) < 4.78 is 10.7. The molecule has 1 amide bonds. The molecular weight excluding hydrogens is 374 g/mol. The smallest absolute Gasteiger partial charge is 0.410 e. The van der Waals surface area contributed by atoms with E-state index in [9.17, 15) is 14.9 Å². The zero-order chi connectivity index (χ0) is 21.2. The summed E-state index contributed by atoms with van der Waals surface area (Å²) >= 11 is 0. The van der Waals surface area contributed by atoms with Crippen LogP contribution >= 0.6 is 0 Å². The van der Waals surface area contributed by atoms with Gasteiger partial charge in [0.25, 0.3) is 0 Å². The highest BCUT2D eigenvalue weighted by Gasteiger charge is 2.39. The van der Waals surface area contributed by atoms with Gasteiger partial charge in [0.1, 0.15) is 5.60 Å². The molecule has 1 aromatic rings. The third-order valence-electron chi connectivity index (χ3n) is 6.03. The number of benzene rings is 1. The van der Waals surface area contributed by atoms with Crippen molar-refractivity contribution in [1.82, 2.24) is 4.90 Å². The zero-order valence-corrected chi connectivity index (χ0v) is 17.8. The molecule has 0 radical (unpaired) electrons. The van der Waals surface area contributed by atoms with Crippen LogP contribution in [0.4, 0.5) is 16.2 Å². The van der Waals surface area contributed by atoms with Crippen LogP contribution in [-0.2, 0) is 4.74 Å². The monoisotopic (exact) mass is 405 g/mol. The van der Waals surface area contributed by atoms with Gasteiger partial charge in [-0.05, 0) is 57.9 Å². The number of carbonyl (C=O) groups is 1. The number of methoxy groups -OCH3 is 1. The van der Waals surface area contributed by atoms with E-state index in [0.29, 0.717) is 5.75 Å². The number of hydrogen-bond donors (Lipinski definition) is 0. The van der Waals surface area contributed by atoms with Crippen LogP contribution in [0.2, 0.25) is 0 Å². The fraction of sp³-hybridized carbons (Fsp3) is 0.667. The fourth-order valence-electron chi connectivity index (χ4n) is 4.24. The van der Waals surface area contributed by atoms with Gasteiger partial charge in [-0.15, -0.1) is 0 Å². The number of carbonyl (C=O) groups excluding carboxylic acids is 1. The number of piperidine rings is 2. The first-order chi connectivity index (χ1) is 13.6. The third kappa shape index (κ3) is 4.92. The topological polar surface area (TPSA) is 85.2 Å². The summed E-state index contributed by atoms with van der Waals surface area (Å²) in [5, 5.41) is 11.1. The van der Waals surface area contributed by atoms with Crippen LogP contribution in [0.15, 0.2) is 18.2 Å². The lowest BCUT2D eigenvalue weighted by Crippen LogP contribution is -2.49. The number of nitrogens with zero attached hydrogens (tertiary/aromatic N) is 3. The first-order valence-electron chi connectivity index (χ1n) is 10.2. The van der Waals surface area contributed by atoms with Gasteiger partial charge in [-0.3, -0.25) is 10.1 Å². The van der Waals surface area contributed by atoms with Crippen molar-refractivity contribution >= 4 is 17.5 Å². The lowest BCUT2D eigenvalue weighted by Gasteiger charge is -2.47. The van der Waals surface area contributed by atoms with Gasteiger partial charge in [-0.25, -0.2) is 4.79 Å². The molecule has 160 valence electrons. The number of nitro groups is 1. The van der Waals surface area contributed by atoms with Crippen molar-refractivity contribution in [1.29, 1.82) is 0 Å². The van der Waals surface area contributed by atoms with Crippen LogP contribution in [0.5, 0.6) is 5.75 Å². The van der Waals surface area contributed by atoms with E-state index in [0.717, 1.165) is 57.5 Å². The second-order valence-corrected chi connectivity index (χ2v) is 9.07. The Morgan fingerprint density at radius 2 is 1.69 bits per heavy atom. The normalized spacial score (nSPS) is 19.2. The Hall–Kier alpha value is -2.51. The van der Waals surface area contributed by atoms with Gasteiger partial charge in [-0.2, -0.15) is 0 Å².